The third kappa shape index (κ3) is 4.51. The summed E-state index contributed by atoms with van der Waals surface area (Å²) in [4.78, 5) is 15.1. The third-order valence-corrected chi connectivity index (χ3v) is 5.28. The summed E-state index contributed by atoms with van der Waals surface area (Å²) < 4.78 is 5.81. The summed E-state index contributed by atoms with van der Waals surface area (Å²) in [7, 11) is 4.03. The van der Waals surface area contributed by atoms with Crippen LogP contribution in [0.1, 0.15) is 46.8 Å². The summed E-state index contributed by atoms with van der Waals surface area (Å²) in [5, 5.41) is 3.31. The zero-order valence-corrected chi connectivity index (χ0v) is 16.8. The number of hydrogen-bond acceptors (Lipinski definition) is 3. The molecule has 1 N–H and O–H groups in total. The minimum atomic E-state index is -0.210. The van der Waals surface area contributed by atoms with Crippen molar-refractivity contribution >= 4 is 5.91 Å². The van der Waals surface area contributed by atoms with E-state index >= 15 is 0 Å². The highest BCUT2D eigenvalue weighted by Crippen LogP contribution is 2.47. The smallest absolute Gasteiger partial charge is 0.252 e. The molecule has 4 nitrogen and oxygen atoms in total. The average Bonchev–Trinajstić information content (AvgIpc) is 3.43. The van der Waals surface area contributed by atoms with E-state index in [1.807, 2.05) is 39.2 Å². The summed E-state index contributed by atoms with van der Waals surface area (Å²) in [5.74, 6) is 0.723. The Morgan fingerprint density at radius 1 is 1.19 bits per heavy atom. The second-order valence-corrected chi connectivity index (χ2v) is 7.68. The number of nitrogens with one attached hydrogen (secondary N) is 1. The van der Waals surface area contributed by atoms with E-state index in [2.05, 4.69) is 41.4 Å². The third-order valence-electron chi connectivity index (χ3n) is 5.28. The minimum Gasteiger partial charge on any atom is -0.492 e. The number of nitrogens with zero attached hydrogens (tertiary/aromatic N) is 1. The van der Waals surface area contributed by atoms with Gasteiger partial charge in [0, 0.05) is 12.1 Å². The molecule has 144 valence electrons. The summed E-state index contributed by atoms with van der Waals surface area (Å²) >= 11 is 0. The first-order chi connectivity index (χ1) is 12.9. The Hall–Kier alpha value is -2.33. The SMILES string of the molecule is CCc1ccccc1C1(NC(=O)c2cc(OCCN(C)C)ccc2C)CC1. The Kier molecular flexibility index (Phi) is 5.85. The lowest BCUT2D eigenvalue weighted by Gasteiger charge is -2.22. The maximum Gasteiger partial charge on any atom is 0.252 e. The number of hydrogen-bond donors (Lipinski definition) is 1. The maximum absolute atomic E-state index is 13.1. The Bertz CT molecular complexity index is 810. The molecule has 1 aliphatic rings. The lowest BCUT2D eigenvalue weighted by molar-refractivity contribution is 0.0929. The van der Waals surface area contributed by atoms with E-state index in [1.54, 1.807) is 0 Å². The van der Waals surface area contributed by atoms with Crippen molar-refractivity contribution in [2.45, 2.75) is 38.6 Å². The van der Waals surface area contributed by atoms with Gasteiger partial charge in [0.05, 0.1) is 5.54 Å². The van der Waals surface area contributed by atoms with Crippen LogP contribution in [0.5, 0.6) is 5.75 Å². The molecule has 1 amide bonds. The highest BCUT2D eigenvalue weighted by molar-refractivity contribution is 5.96. The normalized spacial score (nSPS) is 14.9. The fourth-order valence-electron chi connectivity index (χ4n) is 3.45. The van der Waals surface area contributed by atoms with Crippen molar-refractivity contribution in [1.29, 1.82) is 0 Å². The standard InChI is InChI=1S/C23H30N2O2/c1-5-18-8-6-7-9-21(18)23(12-13-23)24-22(26)20-16-19(11-10-17(20)2)27-15-14-25(3)4/h6-11,16H,5,12-15H2,1-4H3,(H,24,26). The molecule has 0 aliphatic heterocycles. The van der Waals surface area contributed by atoms with Crippen molar-refractivity contribution in [3.05, 3.63) is 64.7 Å². The first kappa shape index (κ1) is 19.4. The zero-order valence-electron chi connectivity index (χ0n) is 16.8. The van der Waals surface area contributed by atoms with Crippen LogP contribution in [0.25, 0.3) is 0 Å². The highest BCUT2D eigenvalue weighted by atomic mass is 16.5. The van der Waals surface area contributed by atoms with E-state index in [-0.39, 0.29) is 11.4 Å². The van der Waals surface area contributed by atoms with Crippen LogP contribution in [0.2, 0.25) is 0 Å². The van der Waals surface area contributed by atoms with E-state index in [0.717, 1.165) is 37.1 Å². The van der Waals surface area contributed by atoms with Gasteiger partial charge < -0.3 is 15.0 Å². The predicted molar refractivity (Wildman–Crippen MR) is 109 cm³/mol. The number of ether oxygens (including phenoxy) is 1. The van der Waals surface area contributed by atoms with Gasteiger partial charge in [0.1, 0.15) is 12.4 Å². The van der Waals surface area contributed by atoms with E-state index < -0.39 is 0 Å². The van der Waals surface area contributed by atoms with E-state index in [9.17, 15) is 4.79 Å². The molecule has 0 heterocycles. The van der Waals surface area contributed by atoms with Gasteiger partial charge in [0.2, 0.25) is 0 Å². The van der Waals surface area contributed by atoms with Crippen LogP contribution in [-0.4, -0.2) is 38.1 Å². The van der Waals surface area contributed by atoms with Crippen LogP contribution in [0, 0.1) is 6.92 Å². The topological polar surface area (TPSA) is 41.6 Å². The van der Waals surface area contributed by atoms with Gasteiger partial charge >= 0.3 is 0 Å². The molecule has 4 heteroatoms. The molecule has 27 heavy (non-hydrogen) atoms. The van der Waals surface area contributed by atoms with Gasteiger partial charge in [-0.2, -0.15) is 0 Å². The van der Waals surface area contributed by atoms with Gasteiger partial charge in [-0.1, -0.05) is 37.3 Å². The van der Waals surface area contributed by atoms with Gasteiger partial charge in [-0.25, -0.2) is 0 Å². The van der Waals surface area contributed by atoms with Crippen molar-refractivity contribution < 1.29 is 9.53 Å². The van der Waals surface area contributed by atoms with Crippen molar-refractivity contribution in [3.8, 4) is 5.75 Å². The van der Waals surface area contributed by atoms with Crippen LogP contribution in [-0.2, 0) is 12.0 Å². The molecular formula is C23H30N2O2. The van der Waals surface area contributed by atoms with Gasteiger partial charge in [-0.3, -0.25) is 4.79 Å². The van der Waals surface area contributed by atoms with Crippen LogP contribution >= 0.6 is 0 Å². The molecule has 1 saturated carbocycles. The summed E-state index contributed by atoms with van der Waals surface area (Å²) in [5.41, 5.74) is 4.02. The maximum atomic E-state index is 13.1. The largest absolute Gasteiger partial charge is 0.492 e. The molecule has 0 unspecified atom stereocenters. The molecule has 3 rings (SSSR count). The summed E-state index contributed by atoms with van der Waals surface area (Å²) in [6.45, 7) is 5.57. The number of benzene rings is 2. The molecule has 2 aromatic rings. The Balaban J connectivity index is 1.76. The lowest BCUT2D eigenvalue weighted by Crippen LogP contribution is -2.36. The second kappa shape index (κ2) is 8.13. The highest BCUT2D eigenvalue weighted by Gasteiger charge is 2.46. The van der Waals surface area contributed by atoms with Crippen LogP contribution in [0.15, 0.2) is 42.5 Å². The molecule has 0 aromatic heterocycles. The number of carbonyl (C=O) groups is 1. The summed E-state index contributed by atoms with van der Waals surface area (Å²) in [6.07, 6.45) is 2.96. The molecule has 1 aliphatic carbocycles. The van der Waals surface area contributed by atoms with Gasteiger partial charge in [0.25, 0.3) is 5.91 Å². The number of carbonyl (C=O) groups excluding carboxylic acids is 1. The van der Waals surface area contributed by atoms with Crippen LogP contribution in [0.3, 0.4) is 0 Å². The molecule has 0 saturated heterocycles. The molecule has 0 atom stereocenters. The van der Waals surface area contributed by atoms with Crippen molar-refractivity contribution in [2.75, 3.05) is 27.2 Å². The van der Waals surface area contributed by atoms with Gasteiger partial charge in [-0.05, 0) is 69.1 Å². The van der Waals surface area contributed by atoms with Crippen molar-refractivity contribution in [1.82, 2.24) is 10.2 Å². The van der Waals surface area contributed by atoms with Gasteiger partial charge in [-0.15, -0.1) is 0 Å². The first-order valence-corrected chi connectivity index (χ1v) is 9.74. The van der Waals surface area contributed by atoms with E-state index in [0.29, 0.717) is 12.2 Å². The zero-order chi connectivity index (χ0) is 19.4. The fraction of sp³-hybridized carbons (Fsp3) is 0.435. The first-order valence-electron chi connectivity index (χ1n) is 9.74. The lowest BCUT2D eigenvalue weighted by atomic mass is 9.96. The molecule has 0 spiro atoms. The predicted octanol–water partition coefficient (Wildman–Crippen LogP) is 3.92. The molecule has 0 bridgehead atoms. The average molecular weight is 367 g/mol. The fourth-order valence-corrected chi connectivity index (χ4v) is 3.45. The molecule has 0 radical (unpaired) electrons. The number of rotatable bonds is 8. The van der Waals surface area contributed by atoms with E-state index in [4.69, 9.17) is 4.74 Å². The van der Waals surface area contributed by atoms with Crippen LogP contribution < -0.4 is 10.1 Å². The number of likely N-dealkylation sites (N-methyl/N-ethyl adjacent to an activating group) is 1. The molecule has 2 aromatic carbocycles. The second-order valence-electron chi connectivity index (χ2n) is 7.68. The minimum absolute atomic E-state index is 0.0195. The quantitative estimate of drug-likeness (QED) is 0.770. The Labute approximate surface area is 162 Å². The summed E-state index contributed by atoms with van der Waals surface area (Å²) in [6, 6.07) is 14.2. The monoisotopic (exact) mass is 366 g/mol. The van der Waals surface area contributed by atoms with Gasteiger partial charge in [0.15, 0.2) is 0 Å². The Morgan fingerprint density at radius 2 is 1.93 bits per heavy atom. The number of amides is 1. The van der Waals surface area contributed by atoms with E-state index in [1.165, 1.54) is 11.1 Å². The molecule has 1 fully saturated rings. The van der Waals surface area contributed by atoms with Crippen LogP contribution in [0.4, 0.5) is 0 Å². The van der Waals surface area contributed by atoms with Crippen molar-refractivity contribution in [3.63, 3.8) is 0 Å². The molecular weight excluding hydrogens is 336 g/mol. The number of aryl methyl sites for hydroxylation is 2. The van der Waals surface area contributed by atoms with Crippen molar-refractivity contribution in [2.24, 2.45) is 0 Å². The Morgan fingerprint density at radius 3 is 2.59 bits per heavy atom.